The lowest BCUT2D eigenvalue weighted by molar-refractivity contribution is 0.630. The molecule has 2 heterocycles. The number of halogens is 2. The van der Waals surface area contributed by atoms with Gasteiger partial charge in [0.1, 0.15) is 27.5 Å². The van der Waals surface area contributed by atoms with Crippen LogP contribution in [-0.4, -0.2) is 18.7 Å². The van der Waals surface area contributed by atoms with Crippen molar-refractivity contribution in [3.05, 3.63) is 77.4 Å². The van der Waals surface area contributed by atoms with Crippen LogP contribution in [0.3, 0.4) is 0 Å². The monoisotopic (exact) mass is 512 g/mol. The molecule has 2 aromatic carbocycles. The highest BCUT2D eigenvalue weighted by Gasteiger charge is 2.16. The van der Waals surface area contributed by atoms with E-state index >= 15 is 0 Å². The lowest BCUT2D eigenvalue weighted by atomic mass is 10.0. The Kier molecular flexibility index (Phi) is 5.58. The highest BCUT2D eigenvalue weighted by molar-refractivity contribution is 14.1. The molecule has 8 heteroatoms. The first-order valence-corrected chi connectivity index (χ1v) is 10.3. The third kappa shape index (κ3) is 3.82. The molecule has 0 radical (unpaired) electrons. The van der Waals surface area contributed by atoms with Crippen molar-refractivity contribution in [2.45, 2.75) is 13.5 Å². The second-order valence-electron chi connectivity index (χ2n) is 6.77. The van der Waals surface area contributed by atoms with E-state index in [1.54, 1.807) is 18.2 Å². The molecule has 4 rings (SSSR count). The van der Waals surface area contributed by atoms with Gasteiger partial charge in [-0.15, -0.1) is 0 Å². The number of hydrogen-bond acceptors (Lipinski definition) is 6. The van der Waals surface area contributed by atoms with Gasteiger partial charge in [0.05, 0.1) is 16.8 Å². The van der Waals surface area contributed by atoms with Crippen LogP contribution in [0.15, 0.2) is 54.9 Å². The van der Waals surface area contributed by atoms with Gasteiger partial charge in [0.15, 0.2) is 0 Å². The third-order valence-electron chi connectivity index (χ3n) is 4.80. The fourth-order valence-electron chi connectivity index (χ4n) is 3.34. The summed E-state index contributed by atoms with van der Waals surface area (Å²) in [6.45, 7) is 2.31. The van der Waals surface area contributed by atoms with Gasteiger partial charge in [0, 0.05) is 17.5 Å². The number of para-hydroxylation sites is 1. The van der Waals surface area contributed by atoms with E-state index in [9.17, 15) is 4.39 Å². The van der Waals surface area contributed by atoms with Crippen molar-refractivity contribution in [3.8, 4) is 11.3 Å². The van der Waals surface area contributed by atoms with E-state index in [0.717, 1.165) is 22.0 Å². The summed E-state index contributed by atoms with van der Waals surface area (Å²) >= 11 is 1.87. The number of nitrogens with one attached hydrogen (secondary N) is 2. The summed E-state index contributed by atoms with van der Waals surface area (Å²) < 4.78 is 14.8. The lowest BCUT2D eigenvalue weighted by Gasteiger charge is -2.15. The second-order valence-corrected chi connectivity index (χ2v) is 7.85. The Bertz CT molecular complexity index is 1270. The van der Waals surface area contributed by atoms with E-state index in [1.807, 2.05) is 53.8 Å². The number of benzene rings is 2. The first-order chi connectivity index (χ1) is 14.5. The van der Waals surface area contributed by atoms with Gasteiger partial charge >= 0.3 is 0 Å². The molecule has 0 saturated heterocycles. The molecule has 2 aromatic heterocycles. The summed E-state index contributed by atoms with van der Waals surface area (Å²) in [5.41, 5.74) is 10.0. The molecule has 4 N–H and O–H groups in total. The zero-order valence-electron chi connectivity index (χ0n) is 16.1. The van der Waals surface area contributed by atoms with Gasteiger partial charge in [-0.3, -0.25) is 5.41 Å². The van der Waals surface area contributed by atoms with Crippen LogP contribution in [0.1, 0.15) is 16.7 Å². The van der Waals surface area contributed by atoms with Crippen LogP contribution in [0, 0.1) is 18.2 Å². The zero-order chi connectivity index (χ0) is 21.3. The van der Waals surface area contributed by atoms with Crippen molar-refractivity contribution >= 4 is 48.8 Å². The smallest absolute Gasteiger partial charge is 0.141 e. The number of pyridine rings is 1. The molecule has 30 heavy (non-hydrogen) atoms. The molecule has 0 bridgehead atoms. The van der Waals surface area contributed by atoms with E-state index < -0.39 is 0 Å². The van der Waals surface area contributed by atoms with E-state index in [0.29, 0.717) is 29.2 Å². The number of nitrogens with two attached hydrogens (primary N) is 1. The van der Waals surface area contributed by atoms with E-state index in [-0.39, 0.29) is 15.4 Å². The number of nitrogen functional groups attached to an aromatic ring is 1. The molecule has 0 saturated carbocycles. The van der Waals surface area contributed by atoms with Crippen LogP contribution in [0.25, 0.3) is 22.2 Å². The van der Waals surface area contributed by atoms with Gasteiger partial charge < -0.3 is 11.1 Å². The van der Waals surface area contributed by atoms with Crippen molar-refractivity contribution < 1.29 is 4.39 Å². The number of anilines is 2. The molecule has 6 nitrogen and oxygen atoms in total. The minimum absolute atomic E-state index is 0.230. The largest absolute Gasteiger partial charge is 0.383 e. The van der Waals surface area contributed by atoms with Crippen LogP contribution < -0.4 is 11.1 Å². The Balaban J connectivity index is 1.83. The van der Waals surface area contributed by atoms with Gasteiger partial charge in [0.2, 0.25) is 0 Å². The highest BCUT2D eigenvalue weighted by atomic mass is 127. The third-order valence-corrected chi connectivity index (χ3v) is 5.34. The van der Waals surface area contributed by atoms with E-state index in [4.69, 9.17) is 16.1 Å². The Morgan fingerprint density at radius 1 is 1.17 bits per heavy atom. The maximum absolute atomic E-state index is 14.6. The first kappa shape index (κ1) is 20.1. The molecule has 0 aliphatic carbocycles. The Labute approximate surface area is 186 Å². The fourth-order valence-corrected chi connectivity index (χ4v) is 3.87. The summed E-state index contributed by atoms with van der Waals surface area (Å²) in [5.74, 6) is 0.347. The van der Waals surface area contributed by atoms with E-state index in [2.05, 4.69) is 15.3 Å². The minimum atomic E-state index is -0.333. The average molecular weight is 512 g/mol. The molecular formula is C22H18FIN6. The summed E-state index contributed by atoms with van der Waals surface area (Å²) in [6.07, 6.45) is 1.35. The lowest BCUT2D eigenvalue weighted by Crippen LogP contribution is -2.11. The van der Waals surface area contributed by atoms with Crippen molar-refractivity contribution in [2.75, 3.05) is 11.1 Å². The number of nitrogens with zero attached hydrogens (tertiary/aromatic N) is 3. The maximum Gasteiger partial charge on any atom is 0.141 e. The van der Waals surface area contributed by atoms with Gasteiger partial charge in [-0.25, -0.2) is 19.3 Å². The van der Waals surface area contributed by atoms with Crippen LogP contribution >= 0.6 is 22.6 Å². The van der Waals surface area contributed by atoms with Gasteiger partial charge in [0.25, 0.3) is 0 Å². The van der Waals surface area contributed by atoms with Gasteiger partial charge in [-0.05, 0) is 58.8 Å². The number of aryl methyl sites for hydroxylation is 1. The summed E-state index contributed by atoms with van der Waals surface area (Å²) in [6, 6.07) is 14.5. The van der Waals surface area contributed by atoms with Crippen molar-refractivity contribution in [2.24, 2.45) is 0 Å². The van der Waals surface area contributed by atoms with Crippen molar-refractivity contribution in [3.63, 3.8) is 0 Å². The summed E-state index contributed by atoms with van der Waals surface area (Å²) in [4.78, 5) is 13.0. The highest BCUT2D eigenvalue weighted by Crippen LogP contribution is 2.30. The predicted molar refractivity (Wildman–Crippen MR) is 126 cm³/mol. The second kappa shape index (κ2) is 8.31. The number of aromatic nitrogens is 3. The Hall–Kier alpha value is -3.14. The number of rotatable bonds is 5. The standard InChI is InChI=1S/C22H18FIN6/c1-12-5-4-6-13-9-14(10-27-22-17(20(24)25)21(26)28-11-29-22)19(30-18(12)13)15-7-2-3-8-16(15)23/h2-9,11,25H,10H2,1H3,(H3,26,27,28,29). The minimum Gasteiger partial charge on any atom is -0.383 e. The molecule has 0 aliphatic rings. The van der Waals surface area contributed by atoms with E-state index in [1.165, 1.54) is 12.4 Å². The molecule has 0 unspecified atom stereocenters. The first-order valence-electron chi connectivity index (χ1n) is 9.18. The molecule has 0 fully saturated rings. The molecule has 0 spiro atoms. The quantitative estimate of drug-likeness (QED) is 0.256. The SMILES string of the molecule is Cc1cccc2cc(CNc3ncnc(N)c3C(=N)I)c(-c3ccccc3F)nc12. The number of fused-ring (bicyclic) bond motifs is 1. The molecule has 150 valence electrons. The molecule has 4 aromatic rings. The summed E-state index contributed by atoms with van der Waals surface area (Å²) in [7, 11) is 0. The van der Waals surface area contributed by atoms with Crippen molar-refractivity contribution in [1.29, 1.82) is 5.41 Å². The molecular weight excluding hydrogens is 494 g/mol. The normalized spacial score (nSPS) is 10.9. The Morgan fingerprint density at radius 3 is 2.73 bits per heavy atom. The topological polar surface area (TPSA) is 101 Å². The van der Waals surface area contributed by atoms with Crippen LogP contribution in [-0.2, 0) is 6.54 Å². The van der Waals surface area contributed by atoms with Gasteiger partial charge in [-0.2, -0.15) is 0 Å². The molecule has 0 amide bonds. The van der Waals surface area contributed by atoms with Crippen LogP contribution in [0.2, 0.25) is 0 Å². The molecule has 0 aliphatic heterocycles. The molecule has 0 atom stereocenters. The van der Waals surface area contributed by atoms with Crippen molar-refractivity contribution in [1.82, 2.24) is 15.0 Å². The predicted octanol–water partition coefficient (Wildman–Crippen LogP) is 5.09. The van der Waals surface area contributed by atoms with Crippen LogP contribution in [0.5, 0.6) is 0 Å². The maximum atomic E-state index is 14.6. The van der Waals surface area contributed by atoms with Crippen LogP contribution in [0.4, 0.5) is 16.0 Å². The zero-order valence-corrected chi connectivity index (χ0v) is 18.2. The fraction of sp³-hybridized carbons (Fsp3) is 0.0909. The van der Waals surface area contributed by atoms with Gasteiger partial charge in [-0.1, -0.05) is 30.3 Å². The summed E-state index contributed by atoms with van der Waals surface area (Å²) in [5, 5.41) is 12.2. The number of hydrogen-bond donors (Lipinski definition) is 3. The average Bonchev–Trinajstić information content (AvgIpc) is 2.72. The Morgan fingerprint density at radius 2 is 1.97 bits per heavy atom.